The lowest BCUT2D eigenvalue weighted by atomic mass is 10.0. The molecule has 0 fully saturated rings. The number of esters is 1. The highest BCUT2D eigenvalue weighted by Gasteiger charge is 2.10. The van der Waals surface area contributed by atoms with Crippen molar-refractivity contribution in [3.05, 3.63) is 53.6 Å². The van der Waals surface area contributed by atoms with Crippen molar-refractivity contribution in [3.63, 3.8) is 0 Å². The van der Waals surface area contributed by atoms with E-state index >= 15 is 0 Å². The fourth-order valence-corrected chi connectivity index (χ4v) is 2.41. The number of carbonyl (C=O) groups is 1. The van der Waals surface area contributed by atoms with Gasteiger partial charge in [-0.05, 0) is 35.4 Å². The van der Waals surface area contributed by atoms with Crippen molar-refractivity contribution >= 4 is 5.97 Å². The number of carbonyl (C=O) groups excluding carboxylic acids is 1. The summed E-state index contributed by atoms with van der Waals surface area (Å²) in [6.07, 6.45) is 0. The van der Waals surface area contributed by atoms with E-state index in [0.29, 0.717) is 12.2 Å². The summed E-state index contributed by atoms with van der Waals surface area (Å²) < 4.78 is 10.4. The van der Waals surface area contributed by atoms with Crippen molar-refractivity contribution in [2.45, 2.75) is 6.54 Å². The summed E-state index contributed by atoms with van der Waals surface area (Å²) in [6.45, 7) is 2.36. The van der Waals surface area contributed by atoms with Crippen LogP contribution in [0.3, 0.4) is 0 Å². The van der Waals surface area contributed by atoms with Crippen molar-refractivity contribution in [3.8, 4) is 16.9 Å². The van der Waals surface area contributed by atoms with Gasteiger partial charge in [0.2, 0.25) is 0 Å². The van der Waals surface area contributed by atoms with E-state index in [2.05, 4.69) is 11.4 Å². The Morgan fingerprint density at radius 3 is 2.67 bits per heavy atom. The lowest BCUT2D eigenvalue weighted by molar-refractivity contribution is 0.0601. The summed E-state index contributed by atoms with van der Waals surface area (Å²) in [5, 5.41) is 3.33. The molecule has 1 aliphatic rings. The predicted molar refractivity (Wildman–Crippen MR) is 80.4 cm³/mol. The quantitative estimate of drug-likeness (QED) is 0.861. The maximum absolute atomic E-state index is 11.4. The van der Waals surface area contributed by atoms with Gasteiger partial charge in [0.15, 0.2) is 0 Å². The largest absolute Gasteiger partial charge is 0.492 e. The van der Waals surface area contributed by atoms with Crippen LogP contribution in [0.1, 0.15) is 15.9 Å². The first kappa shape index (κ1) is 13.6. The molecule has 3 rings (SSSR count). The summed E-state index contributed by atoms with van der Waals surface area (Å²) >= 11 is 0. The summed E-state index contributed by atoms with van der Waals surface area (Å²) in [7, 11) is 1.38. The van der Waals surface area contributed by atoms with Gasteiger partial charge in [-0.3, -0.25) is 0 Å². The molecule has 1 aliphatic heterocycles. The first-order chi connectivity index (χ1) is 10.3. The molecule has 0 saturated carbocycles. The van der Waals surface area contributed by atoms with E-state index in [1.165, 1.54) is 7.11 Å². The number of hydrogen-bond acceptors (Lipinski definition) is 4. The van der Waals surface area contributed by atoms with Gasteiger partial charge in [-0.25, -0.2) is 4.79 Å². The first-order valence-electron chi connectivity index (χ1n) is 6.93. The number of ether oxygens (including phenoxy) is 2. The molecule has 2 aromatic carbocycles. The Morgan fingerprint density at radius 2 is 1.90 bits per heavy atom. The molecule has 108 valence electrons. The molecule has 0 unspecified atom stereocenters. The number of fused-ring (bicyclic) bond motifs is 1. The minimum atomic E-state index is -0.318. The molecule has 0 radical (unpaired) electrons. The molecule has 0 aromatic heterocycles. The van der Waals surface area contributed by atoms with Gasteiger partial charge in [-0.2, -0.15) is 0 Å². The Labute approximate surface area is 123 Å². The van der Waals surface area contributed by atoms with Gasteiger partial charge in [0.05, 0.1) is 12.7 Å². The normalized spacial score (nSPS) is 13.8. The minimum absolute atomic E-state index is 0.318. The van der Waals surface area contributed by atoms with Gasteiger partial charge in [-0.15, -0.1) is 0 Å². The van der Waals surface area contributed by atoms with Crippen LogP contribution in [0.4, 0.5) is 0 Å². The number of rotatable bonds is 2. The molecule has 2 aromatic rings. The van der Waals surface area contributed by atoms with Crippen LogP contribution < -0.4 is 10.1 Å². The van der Waals surface area contributed by atoms with Crippen LogP contribution in [-0.4, -0.2) is 26.2 Å². The Hall–Kier alpha value is -2.33. The average molecular weight is 283 g/mol. The molecule has 1 heterocycles. The molecule has 0 amide bonds. The molecular weight excluding hydrogens is 266 g/mol. The second-order valence-corrected chi connectivity index (χ2v) is 4.92. The number of hydrogen-bond donors (Lipinski definition) is 1. The van der Waals surface area contributed by atoms with E-state index in [1.807, 2.05) is 24.3 Å². The second-order valence-electron chi connectivity index (χ2n) is 4.92. The molecule has 4 nitrogen and oxygen atoms in total. The van der Waals surface area contributed by atoms with E-state index in [4.69, 9.17) is 9.47 Å². The highest BCUT2D eigenvalue weighted by molar-refractivity contribution is 5.90. The third-order valence-electron chi connectivity index (χ3n) is 3.55. The average Bonchev–Trinajstić information content (AvgIpc) is 2.79. The topological polar surface area (TPSA) is 47.6 Å². The van der Waals surface area contributed by atoms with Crippen molar-refractivity contribution in [2.75, 3.05) is 20.3 Å². The Balaban J connectivity index is 1.90. The van der Waals surface area contributed by atoms with E-state index in [1.54, 1.807) is 12.1 Å². The summed E-state index contributed by atoms with van der Waals surface area (Å²) in [5.41, 5.74) is 3.88. The highest BCUT2D eigenvalue weighted by Crippen LogP contribution is 2.28. The van der Waals surface area contributed by atoms with Crippen LogP contribution in [0.25, 0.3) is 11.1 Å². The molecule has 0 spiro atoms. The molecular formula is C17H17NO3. The molecule has 0 atom stereocenters. The third kappa shape index (κ3) is 2.90. The minimum Gasteiger partial charge on any atom is -0.492 e. The van der Waals surface area contributed by atoms with Crippen LogP contribution in [0.5, 0.6) is 5.75 Å². The summed E-state index contributed by atoms with van der Waals surface area (Å²) in [4.78, 5) is 11.4. The van der Waals surface area contributed by atoms with Gasteiger partial charge in [0.25, 0.3) is 0 Å². The van der Waals surface area contributed by atoms with Crippen LogP contribution >= 0.6 is 0 Å². The fourth-order valence-electron chi connectivity index (χ4n) is 2.41. The van der Waals surface area contributed by atoms with Gasteiger partial charge in [0, 0.05) is 18.7 Å². The standard InChI is InChI=1S/C17H17NO3/c1-20-17(19)13-4-2-12(3-5-13)14-6-7-16-15(10-14)11-18-8-9-21-16/h2-7,10,18H,8-9,11H2,1H3. The third-order valence-corrected chi connectivity index (χ3v) is 3.55. The smallest absolute Gasteiger partial charge is 0.337 e. The Morgan fingerprint density at radius 1 is 1.14 bits per heavy atom. The number of nitrogens with one attached hydrogen (secondary N) is 1. The van der Waals surface area contributed by atoms with Gasteiger partial charge < -0.3 is 14.8 Å². The highest BCUT2D eigenvalue weighted by atomic mass is 16.5. The maximum Gasteiger partial charge on any atom is 0.337 e. The number of methoxy groups -OCH3 is 1. The molecule has 21 heavy (non-hydrogen) atoms. The lowest BCUT2D eigenvalue weighted by Gasteiger charge is -2.09. The van der Waals surface area contributed by atoms with Crippen molar-refractivity contribution < 1.29 is 14.3 Å². The fraction of sp³-hybridized carbons (Fsp3) is 0.235. The molecule has 1 N–H and O–H groups in total. The zero-order valence-corrected chi connectivity index (χ0v) is 11.9. The number of benzene rings is 2. The van der Waals surface area contributed by atoms with Crippen LogP contribution in [0, 0.1) is 0 Å². The Kier molecular flexibility index (Phi) is 3.88. The molecule has 0 bridgehead atoms. The summed E-state index contributed by atoms with van der Waals surface area (Å²) in [6, 6.07) is 13.6. The zero-order chi connectivity index (χ0) is 14.7. The van der Waals surface area contributed by atoms with E-state index in [0.717, 1.165) is 35.5 Å². The van der Waals surface area contributed by atoms with Crippen LogP contribution in [-0.2, 0) is 11.3 Å². The van der Waals surface area contributed by atoms with Gasteiger partial charge in [0.1, 0.15) is 12.4 Å². The molecule has 0 saturated heterocycles. The molecule has 4 heteroatoms. The SMILES string of the molecule is COC(=O)c1ccc(-c2ccc3c(c2)CNCCO3)cc1. The van der Waals surface area contributed by atoms with Crippen molar-refractivity contribution in [2.24, 2.45) is 0 Å². The van der Waals surface area contributed by atoms with Crippen molar-refractivity contribution in [1.29, 1.82) is 0 Å². The van der Waals surface area contributed by atoms with Crippen molar-refractivity contribution in [1.82, 2.24) is 5.32 Å². The van der Waals surface area contributed by atoms with Gasteiger partial charge in [-0.1, -0.05) is 18.2 Å². The predicted octanol–water partition coefficient (Wildman–Crippen LogP) is 2.62. The van der Waals surface area contributed by atoms with E-state index in [-0.39, 0.29) is 5.97 Å². The summed E-state index contributed by atoms with van der Waals surface area (Å²) in [5.74, 6) is 0.621. The van der Waals surface area contributed by atoms with Crippen LogP contribution in [0.15, 0.2) is 42.5 Å². The molecule has 0 aliphatic carbocycles. The van der Waals surface area contributed by atoms with E-state index in [9.17, 15) is 4.79 Å². The maximum atomic E-state index is 11.4. The monoisotopic (exact) mass is 283 g/mol. The van der Waals surface area contributed by atoms with Gasteiger partial charge >= 0.3 is 5.97 Å². The first-order valence-corrected chi connectivity index (χ1v) is 6.93. The van der Waals surface area contributed by atoms with E-state index < -0.39 is 0 Å². The lowest BCUT2D eigenvalue weighted by Crippen LogP contribution is -2.16. The zero-order valence-electron chi connectivity index (χ0n) is 11.9. The second kappa shape index (κ2) is 5.97. The Bertz CT molecular complexity index is 650. The van der Waals surface area contributed by atoms with Crippen LogP contribution in [0.2, 0.25) is 0 Å².